The van der Waals surface area contributed by atoms with E-state index in [4.69, 9.17) is 9.97 Å². The van der Waals surface area contributed by atoms with Gasteiger partial charge in [-0.05, 0) is 54.1 Å². The zero-order chi connectivity index (χ0) is 27.8. The van der Waals surface area contributed by atoms with Crippen LogP contribution in [0.2, 0.25) is 0 Å². The number of halogens is 1. The topological polar surface area (TPSA) is 67.2 Å². The fourth-order valence-electron chi connectivity index (χ4n) is 5.55. The van der Waals surface area contributed by atoms with Crippen molar-refractivity contribution in [3.05, 3.63) is 119 Å². The fraction of sp³-hybridized carbons (Fsp3) is 0.152. The summed E-state index contributed by atoms with van der Waals surface area (Å²) in [5.74, 6) is 0.962. The summed E-state index contributed by atoms with van der Waals surface area (Å²) < 4.78 is 3.21. The highest BCUT2D eigenvalue weighted by Gasteiger charge is 2.27. The number of aromatic nitrogens is 4. The zero-order valence-electron chi connectivity index (χ0n) is 22.3. The first-order valence-electron chi connectivity index (χ1n) is 13.7. The van der Waals surface area contributed by atoms with E-state index < -0.39 is 0 Å². The molecule has 0 radical (unpaired) electrons. The van der Waals surface area contributed by atoms with E-state index in [0.717, 1.165) is 50.2 Å². The van der Waals surface area contributed by atoms with Crippen molar-refractivity contribution in [1.82, 2.24) is 24.4 Å². The number of benzene rings is 3. The van der Waals surface area contributed by atoms with E-state index in [1.54, 1.807) is 12.4 Å². The molecule has 4 heterocycles. The van der Waals surface area contributed by atoms with Gasteiger partial charge in [0.05, 0.1) is 34.4 Å². The Bertz CT molecular complexity index is 1860. The largest absolute Gasteiger partial charge is 0.339 e. The molecule has 0 bridgehead atoms. The number of nitrogens with zero attached hydrogens (tertiary/aromatic N) is 6. The summed E-state index contributed by atoms with van der Waals surface area (Å²) in [4.78, 5) is 32.3. The molecule has 1 aliphatic rings. The first-order chi connectivity index (χ1) is 20.1. The number of carbonyl (C=O) groups is 1. The number of imidazole rings is 1. The highest BCUT2D eigenvalue weighted by Crippen LogP contribution is 2.29. The smallest absolute Gasteiger partial charge is 0.254 e. The molecule has 0 atom stereocenters. The van der Waals surface area contributed by atoms with E-state index in [2.05, 4.69) is 72.8 Å². The maximum Gasteiger partial charge on any atom is 0.254 e. The molecule has 8 heteroatoms. The Kier molecular flexibility index (Phi) is 6.68. The van der Waals surface area contributed by atoms with Crippen molar-refractivity contribution >= 4 is 49.7 Å². The molecule has 0 saturated carbocycles. The predicted molar refractivity (Wildman–Crippen MR) is 166 cm³/mol. The van der Waals surface area contributed by atoms with E-state index in [-0.39, 0.29) is 5.91 Å². The minimum absolute atomic E-state index is 0.0169. The van der Waals surface area contributed by atoms with Crippen LogP contribution in [-0.4, -0.2) is 56.5 Å². The van der Waals surface area contributed by atoms with Crippen molar-refractivity contribution in [3.63, 3.8) is 0 Å². The minimum Gasteiger partial charge on any atom is -0.339 e. The van der Waals surface area contributed by atoms with Crippen LogP contribution in [0.1, 0.15) is 15.9 Å². The molecule has 0 spiro atoms. The molecule has 202 valence electrons. The van der Waals surface area contributed by atoms with Crippen LogP contribution in [0.5, 0.6) is 0 Å². The molecule has 0 aliphatic carbocycles. The number of para-hydroxylation sites is 2. The second-order valence-corrected chi connectivity index (χ2v) is 11.1. The SMILES string of the molecule is O=C(c1cc(-c2ccncc2)nc2ccc(Br)cc12)N1CCN(c2nc3ccccc3n2Cc2ccccc2)CC1. The number of hydrogen-bond acceptors (Lipinski definition) is 5. The lowest BCUT2D eigenvalue weighted by Crippen LogP contribution is -2.49. The third-order valence-corrected chi connectivity index (χ3v) is 8.14. The van der Waals surface area contributed by atoms with Gasteiger partial charge in [-0.2, -0.15) is 0 Å². The van der Waals surface area contributed by atoms with Crippen molar-refractivity contribution in [1.29, 1.82) is 0 Å². The third kappa shape index (κ3) is 4.95. The minimum atomic E-state index is 0.0169. The first kappa shape index (κ1) is 25.4. The second kappa shape index (κ2) is 10.8. The van der Waals surface area contributed by atoms with Crippen molar-refractivity contribution in [2.24, 2.45) is 0 Å². The lowest BCUT2D eigenvalue weighted by Gasteiger charge is -2.35. The number of anilines is 1. The summed E-state index contributed by atoms with van der Waals surface area (Å²) in [6.45, 7) is 3.36. The Morgan fingerprint density at radius 1 is 0.780 bits per heavy atom. The van der Waals surface area contributed by atoms with Crippen LogP contribution in [0.4, 0.5) is 5.95 Å². The summed E-state index contributed by atoms with van der Waals surface area (Å²) in [6, 6.07) is 30.4. The van der Waals surface area contributed by atoms with E-state index in [9.17, 15) is 4.79 Å². The predicted octanol–water partition coefficient (Wildman–Crippen LogP) is 6.42. The number of rotatable bonds is 5. The molecule has 6 aromatic rings. The van der Waals surface area contributed by atoms with Gasteiger partial charge in [-0.25, -0.2) is 9.97 Å². The van der Waals surface area contributed by atoms with Gasteiger partial charge in [-0.3, -0.25) is 9.78 Å². The van der Waals surface area contributed by atoms with E-state index in [1.807, 2.05) is 53.4 Å². The normalized spacial score (nSPS) is 13.7. The van der Waals surface area contributed by atoms with Gasteiger partial charge in [0.2, 0.25) is 5.95 Å². The lowest BCUT2D eigenvalue weighted by atomic mass is 10.0. The number of amides is 1. The monoisotopic (exact) mass is 602 g/mol. The highest BCUT2D eigenvalue weighted by molar-refractivity contribution is 9.10. The third-order valence-electron chi connectivity index (χ3n) is 7.64. The molecule has 41 heavy (non-hydrogen) atoms. The molecule has 1 amide bonds. The Balaban J connectivity index is 1.18. The van der Waals surface area contributed by atoms with Crippen molar-refractivity contribution in [2.75, 3.05) is 31.1 Å². The number of hydrogen-bond donors (Lipinski definition) is 0. The lowest BCUT2D eigenvalue weighted by molar-refractivity contribution is 0.0748. The summed E-state index contributed by atoms with van der Waals surface area (Å²) in [7, 11) is 0. The summed E-state index contributed by atoms with van der Waals surface area (Å²) in [5.41, 5.74) is 6.47. The van der Waals surface area contributed by atoms with Gasteiger partial charge in [0.25, 0.3) is 5.91 Å². The fourth-order valence-corrected chi connectivity index (χ4v) is 5.91. The summed E-state index contributed by atoms with van der Waals surface area (Å²) >= 11 is 3.58. The molecule has 3 aromatic heterocycles. The molecule has 1 saturated heterocycles. The van der Waals surface area contributed by atoms with Gasteiger partial charge < -0.3 is 14.4 Å². The van der Waals surface area contributed by atoms with Crippen LogP contribution in [0.15, 0.2) is 108 Å². The van der Waals surface area contributed by atoms with Gasteiger partial charge in [-0.15, -0.1) is 0 Å². The Morgan fingerprint density at radius 3 is 2.34 bits per heavy atom. The van der Waals surface area contributed by atoms with Crippen LogP contribution in [-0.2, 0) is 6.54 Å². The highest BCUT2D eigenvalue weighted by atomic mass is 79.9. The molecule has 3 aromatic carbocycles. The molecule has 0 N–H and O–H groups in total. The average molecular weight is 604 g/mol. The van der Waals surface area contributed by atoms with Crippen LogP contribution in [0.3, 0.4) is 0 Å². The maximum atomic E-state index is 14.0. The Hall–Kier alpha value is -4.56. The number of piperazine rings is 1. The van der Waals surface area contributed by atoms with E-state index in [0.29, 0.717) is 31.7 Å². The Morgan fingerprint density at radius 2 is 1.54 bits per heavy atom. The van der Waals surface area contributed by atoms with Crippen LogP contribution in [0.25, 0.3) is 33.2 Å². The average Bonchev–Trinajstić information content (AvgIpc) is 3.39. The molecule has 1 fully saturated rings. The van der Waals surface area contributed by atoms with Crippen LogP contribution >= 0.6 is 15.9 Å². The van der Waals surface area contributed by atoms with Gasteiger partial charge in [0, 0.05) is 54.0 Å². The van der Waals surface area contributed by atoms with Crippen LogP contribution < -0.4 is 4.90 Å². The number of pyridine rings is 2. The Labute approximate surface area is 246 Å². The van der Waals surface area contributed by atoms with Crippen molar-refractivity contribution in [3.8, 4) is 11.3 Å². The van der Waals surface area contributed by atoms with Crippen LogP contribution in [0, 0.1) is 0 Å². The summed E-state index contributed by atoms with van der Waals surface area (Å²) in [6.07, 6.45) is 3.49. The van der Waals surface area contributed by atoms with Gasteiger partial charge in [0.1, 0.15) is 0 Å². The van der Waals surface area contributed by atoms with Crippen molar-refractivity contribution in [2.45, 2.75) is 6.54 Å². The zero-order valence-corrected chi connectivity index (χ0v) is 23.9. The van der Waals surface area contributed by atoms with Gasteiger partial charge >= 0.3 is 0 Å². The van der Waals surface area contributed by atoms with Gasteiger partial charge in [0.15, 0.2) is 0 Å². The molecule has 0 unspecified atom stereocenters. The molecule has 7 rings (SSSR count). The molecule has 1 aliphatic heterocycles. The quantitative estimate of drug-likeness (QED) is 0.228. The maximum absolute atomic E-state index is 14.0. The standard InChI is InChI=1S/C33H27BrN6O/c34-25-10-11-28-26(20-25)27(21-30(36-28)24-12-14-35-15-13-24)32(41)38-16-18-39(19-17-38)33-37-29-8-4-5-9-31(29)40(33)22-23-6-2-1-3-7-23/h1-15,20-21H,16-19,22H2. The second-order valence-electron chi connectivity index (χ2n) is 10.2. The van der Waals surface area contributed by atoms with E-state index >= 15 is 0 Å². The van der Waals surface area contributed by atoms with E-state index in [1.165, 1.54) is 5.56 Å². The summed E-state index contributed by atoms with van der Waals surface area (Å²) in [5, 5.41) is 0.842. The molecule has 7 nitrogen and oxygen atoms in total. The van der Waals surface area contributed by atoms with Gasteiger partial charge in [-0.1, -0.05) is 58.4 Å². The first-order valence-corrected chi connectivity index (χ1v) is 14.5. The molecular weight excluding hydrogens is 576 g/mol. The number of fused-ring (bicyclic) bond motifs is 2. The number of carbonyl (C=O) groups excluding carboxylic acids is 1. The van der Waals surface area contributed by atoms with Crippen molar-refractivity contribution < 1.29 is 4.79 Å². The molecular formula is C33H27BrN6O.